The largest absolute Gasteiger partial charge is 0.417 e. The third kappa shape index (κ3) is 4.13. The summed E-state index contributed by atoms with van der Waals surface area (Å²) in [7, 11) is 1.51. The third-order valence-electron chi connectivity index (χ3n) is 4.66. The highest BCUT2D eigenvalue weighted by Gasteiger charge is 2.36. The van der Waals surface area contributed by atoms with Crippen LogP contribution in [0.3, 0.4) is 0 Å². The van der Waals surface area contributed by atoms with E-state index in [4.69, 9.17) is 10.00 Å². The molecule has 0 N–H and O–H groups in total. The molecule has 0 spiro atoms. The highest BCUT2D eigenvalue weighted by atomic mass is 32.1. The summed E-state index contributed by atoms with van der Waals surface area (Å²) in [5.41, 5.74) is -0.408. The summed E-state index contributed by atoms with van der Waals surface area (Å²) >= 11 is 1.43. The first-order valence-electron chi connectivity index (χ1n) is 8.53. The number of halogens is 3. The van der Waals surface area contributed by atoms with Gasteiger partial charge in [-0.25, -0.2) is 0 Å². The van der Waals surface area contributed by atoms with Crippen LogP contribution in [0.5, 0.6) is 0 Å². The standard InChI is InChI=1S/C19H18F3N3O2S/c1-27-11-16-10-24(18(26)14-4-7-28-12-14)5-6-25(16)15-3-2-13(9-23)17(8-15)19(20,21)22/h2-4,7-8,12,16H,5-6,10-11H2,1H3. The van der Waals surface area contributed by atoms with E-state index in [9.17, 15) is 18.0 Å². The fourth-order valence-corrected chi connectivity index (χ4v) is 3.96. The number of thiophene rings is 1. The Hall–Kier alpha value is -2.57. The Balaban J connectivity index is 1.86. The lowest BCUT2D eigenvalue weighted by Gasteiger charge is -2.42. The zero-order valence-corrected chi connectivity index (χ0v) is 15.9. The maximum absolute atomic E-state index is 13.3. The number of hydrogen-bond acceptors (Lipinski definition) is 5. The topological polar surface area (TPSA) is 56.6 Å². The molecule has 0 bridgehead atoms. The molecule has 148 valence electrons. The number of carbonyl (C=O) groups is 1. The molecule has 1 atom stereocenters. The van der Waals surface area contributed by atoms with Crippen molar-refractivity contribution in [2.45, 2.75) is 12.2 Å². The van der Waals surface area contributed by atoms with Crippen LogP contribution in [0, 0.1) is 11.3 Å². The van der Waals surface area contributed by atoms with Crippen molar-refractivity contribution in [1.29, 1.82) is 5.26 Å². The van der Waals surface area contributed by atoms with Crippen molar-refractivity contribution >= 4 is 22.9 Å². The molecule has 1 aromatic carbocycles. The molecular weight excluding hydrogens is 391 g/mol. The highest BCUT2D eigenvalue weighted by molar-refractivity contribution is 7.08. The molecule has 1 unspecified atom stereocenters. The predicted octanol–water partition coefficient (Wildman–Crippen LogP) is 3.62. The number of hydrogen-bond donors (Lipinski definition) is 0. The predicted molar refractivity (Wildman–Crippen MR) is 99.4 cm³/mol. The summed E-state index contributed by atoms with van der Waals surface area (Å²) in [6, 6.07) is 6.74. The lowest BCUT2D eigenvalue weighted by atomic mass is 10.0. The van der Waals surface area contributed by atoms with Gasteiger partial charge in [0.25, 0.3) is 5.91 Å². The Bertz CT molecular complexity index is 878. The van der Waals surface area contributed by atoms with Crippen LogP contribution >= 0.6 is 11.3 Å². The van der Waals surface area contributed by atoms with Crippen LogP contribution in [0.25, 0.3) is 0 Å². The molecule has 3 rings (SSSR count). The van der Waals surface area contributed by atoms with E-state index in [-0.39, 0.29) is 18.6 Å². The molecule has 1 aliphatic rings. The molecule has 1 fully saturated rings. The van der Waals surface area contributed by atoms with Crippen molar-refractivity contribution in [3.05, 3.63) is 51.7 Å². The molecular formula is C19H18F3N3O2S. The summed E-state index contributed by atoms with van der Waals surface area (Å²) in [4.78, 5) is 16.1. The monoisotopic (exact) mass is 409 g/mol. The maximum Gasteiger partial charge on any atom is 0.417 e. The van der Waals surface area contributed by atoms with Crippen molar-refractivity contribution in [2.75, 3.05) is 38.3 Å². The van der Waals surface area contributed by atoms with Gasteiger partial charge >= 0.3 is 6.18 Å². The van der Waals surface area contributed by atoms with Crippen molar-refractivity contribution in [1.82, 2.24) is 4.90 Å². The number of alkyl halides is 3. The number of rotatable bonds is 4. The van der Waals surface area contributed by atoms with Gasteiger partial charge in [-0.15, -0.1) is 0 Å². The molecule has 1 amide bonds. The lowest BCUT2D eigenvalue weighted by molar-refractivity contribution is -0.137. The maximum atomic E-state index is 13.3. The minimum absolute atomic E-state index is 0.0992. The van der Waals surface area contributed by atoms with E-state index >= 15 is 0 Å². The molecule has 0 aliphatic carbocycles. The van der Waals surface area contributed by atoms with E-state index < -0.39 is 17.3 Å². The Morgan fingerprint density at radius 2 is 2.14 bits per heavy atom. The summed E-state index contributed by atoms with van der Waals surface area (Å²) < 4.78 is 45.2. The first-order chi connectivity index (χ1) is 13.3. The quantitative estimate of drug-likeness (QED) is 0.774. The Morgan fingerprint density at radius 3 is 2.75 bits per heavy atom. The van der Waals surface area contributed by atoms with Crippen LogP contribution in [0.2, 0.25) is 0 Å². The van der Waals surface area contributed by atoms with E-state index in [1.165, 1.54) is 30.6 Å². The number of anilines is 1. The average Bonchev–Trinajstić information content (AvgIpc) is 3.21. The van der Waals surface area contributed by atoms with Crippen LogP contribution in [0.15, 0.2) is 35.0 Å². The van der Waals surface area contributed by atoms with Crippen LogP contribution in [-0.4, -0.2) is 50.2 Å². The fourth-order valence-electron chi connectivity index (χ4n) is 3.33. The number of carbonyl (C=O) groups excluding carboxylic acids is 1. The minimum Gasteiger partial charge on any atom is -0.382 e. The molecule has 9 heteroatoms. The van der Waals surface area contributed by atoms with Crippen molar-refractivity contribution in [2.24, 2.45) is 0 Å². The molecule has 2 aromatic rings. The van der Waals surface area contributed by atoms with Crippen molar-refractivity contribution in [3.63, 3.8) is 0 Å². The fraction of sp³-hybridized carbons (Fsp3) is 0.368. The molecule has 2 heterocycles. The van der Waals surface area contributed by atoms with Crippen LogP contribution in [0.1, 0.15) is 21.5 Å². The van der Waals surface area contributed by atoms with E-state index in [1.807, 2.05) is 5.38 Å². The van der Waals surface area contributed by atoms with Gasteiger partial charge < -0.3 is 14.5 Å². The van der Waals surface area contributed by atoms with Gasteiger partial charge in [0.2, 0.25) is 0 Å². The van der Waals surface area contributed by atoms with Gasteiger partial charge in [-0.2, -0.15) is 29.8 Å². The Labute approximate surface area is 164 Å². The summed E-state index contributed by atoms with van der Waals surface area (Å²) in [5, 5.41) is 12.6. The van der Waals surface area contributed by atoms with E-state index in [0.717, 1.165) is 6.07 Å². The number of nitrogens with zero attached hydrogens (tertiary/aromatic N) is 3. The number of ether oxygens (including phenoxy) is 1. The zero-order chi connectivity index (χ0) is 20.3. The second-order valence-electron chi connectivity index (χ2n) is 6.41. The first-order valence-corrected chi connectivity index (χ1v) is 9.48. The second-order valence-corrected chi connectivity index (χ2v) is 7.19. The summed E-state index contributed by atoms with van der Waals surface area (Å²) in [5.74, 6) is -0.0992. The number of benzene rings is 1. The lowest BCUT2D eigenvalue weighted by Crippen LogP contribution is -2.56. The highest BCUT2D eigenvalue weighted by Crippen LogP contribution is 2.35. The zero-order valence-electron chi connectivity index (χ0n) is 15.1. The molecule has 0 radical (unpaired) electrons. The van der Waals surface area contributed by atoms with Gasteiger partial charge in [0.1, 0.15) is 0 Å². The SMILES string of the molecule is COCC1CN(C(=O)c2ccsc2)CCN1c1ccc(C#N)c(C(F)(F)F)c1. The normalized spacial score (nSPS) is 17.5. The van der Waals surface area contributed by atoms with Gasteiger partial charge in [-0.1, -0.05) is 0 Å². The van der Waals surface area contributed by atoms with Crippen LogP contribution < -0.4 is 4.90 Å². The van der Waals surface area contributed by atoms with Crippen molar-refractivity contribution < 1.29 is 22.7 Å². The average molecular weight is 409 g/mol. The summed E-state index contributed by atoms with van der Waals surface area (Å²) in [6.45, 7) is 1.35. The smallest absolute Gasteiger partial charge is 0.382 e. The number of amides is 1. The first kappa shape index (κ1) is 20.2. The molecule has 5 nitrogen and oxygen atoms in total. The van der Waals surface area contributed by atoms with Gasteiger partial charge in [-0.05, 0) is 29.6 Å². The minimum atomic E-state index is -4.62. The number of nitriles is 1. The second kappa shape index (κ2) is 8.20. The van der Waals surface area contributed by atoms with Gasteiger partial charge in [-0.3, -0.25) is 4.79 Å². The molecule has 1 saturated heterocycles. The Kier molecular flexibility index (Phi) is 5.91. The Morgan fingerprint density at radius 1 is 1.36 bits per heavy atom. The number of methoxy groups -OCH3 is 1. The third-order valence-corrected chi connectivity index (χ3v) is 5.34. The van der Waals surface area contributed by atoms with Crippen LogP contribution in [-0.2, 0) is 10.9 Å². The van der Waals surface area contributed by atoms with Gasteiger partial charge in [0, 0.05) is 37.8 Å². The van der Waals surface area contributed by atoms with Crippen LogP contribution in [0.4, 0.5) is 18.9 Å². The molecule has 1 aromatic heterocycles. The molecule has 28 heavy (non-hydrogen) atoms. The number of piperazine rings is 1. The van der Waals surface area contributed by atoms with Gasteiger partial charge in [0.15, 0.2) is 0 Å². The molecule has 0 saturated carbocycles. The van der Waals surface area contributed by atoms with Gasteiger partial charge in [0.05, 0.1) is 35.4 Å². The van der Waals surface area contributed by atoms with E-state index in [0.29, 0.717) is 30.9 Å². The van der Waals surface area contributed by atoms with E-state index in [2.05, 4.69) is 0 Å². The summed E-state index contributed by atoms with van der Waals surface area (Å²) in [6.07, 6.45) is -4.62. The van der Waals surface area contributed by atoms with Crippen molar-refractivity contribution in [3.8, 4) is 6.07 Å². The van der Waals surface area contributed by atoms with E-state index in [1.54, 1.807) is 27.3 Å². The molecule has 1 aliphatic heterocycles.